The van der Waals surface area contributed by atoms with Crippen LogP contribution in [0.4, 0.5) is 0 Å². The fourth-order valence-electron chi connectivity index (χ4n) is 13.7. The summed E-state index contributed by atoms with van der Waals surface area (Å²) in [4.78, 5) is 33.1. The van der Waals surface area contributed by atoms with Crippen LogP contribution < -0.4 is 15.9 Å². The van der Waals surface area contributed by atoms with Gasteiger partial charge in [0.2, 0.25) is 0 Å². The Hall–Kier alpha value is -3.38. The van der Waals surface area contributed by atoms with E-state index in [4.69, 9.17) is 23.7 Å². The van der Waals surface area contributed by atoms with Gasteiger partial charge in [-0.3, -0.25) is 4.79 Å². The van der Waals surface area contributed by atoms with Crippen LogP contribution in [0.2, 0.25) is 0 Å². The number of unbranched alkanes of at least 4 members (excludes halogenated alkanes) is 4. The van der Waals surface area contributed by atoms with Crippen molar-refractivity contribution in [3.63, 3.8) is 0 Å². The number of esters is 1. The van der Waals surface area contributed by atoms with Gasteiger partial charge in [0.25, 0.3) is 0 Å². The van der Waals surface area contributed by atoms with Crippen molar-refractivity contribution in [1.29, 1.82) is 0 Å². The Bertz CT molecular complexity index is 2300. The molecule has 3 aromatic rings. The molecule has 17 heteroatoms. The molecular formula is C61H99N4O12P. The van der Waals surface area contributed by atoms with Crippen LogP contribution in [0.3, 0.4) is 0 Å². The molecule has 3 aliphatic rings. The van der Waals surface area contributed by atoms with Crippen LogP contribution in [0, 0.1) is 23.7 Å². The molecule has 440 valence electrons. The zero-order valence-electron chi connectivity index (χ0n) is 49.5. The average molecular weight is 1110 g/mol. The van der Waals surface area contributed by atoms with Crippen molar-refractivity contribution in [2.24, 2.45) is 30.7 Å². The molecular weight excluding hydrogens is 1010 g/mol. The van der Waals surface area contributed by atoms with Crippen molar-refractivity contribution < 1.29 is 58.8 Å². The second-order valence-electron chi connectivity index (χ2n) is 24.7. The van der Waals surface area contributed by atoms with Gasteiger partial charge in [0.15, 0.2) is 6.29 Å². The first-order chi connectivity index (χ1) is 36.7. The van der Waals surface area contributed by atoms with Crippen LogP contribution in [0.15, 0.2) is 73.1 Å². The van der Waals surface area contributed by atoms with Crippen LogP contribution in [0.25, 0.3) is 0 Å². The van der Waals surface area contributed by atoms with Gasteiger partial charge in [-0.2, -0.15) is 0 Å². The summed E-state index contributed by atoms with van der Waals surface area (Å²) < 4.78 is 34.1. The van der Waals surface area contributed by atoms with Crippen LogP contribution in [-0.4, -0.2) is 175 Å². The van der Waals surface area contributed by atoms with E-state index in [0.717, 1.165) is 31.8 Å². The predicted molar refractivity (Wildman–Crippen MR) is 308 cm³/mol. The number of benzene rings is 2. The molecule has 5 N–H and O–H groups in total. The van der Waals surface area contributed by atoms with Gasteiger partial charge in [0, 0.05) is 25.5 Å². The molecule has 0 aliphatic carbocycles. The normalized spacial score (nSPS) is 37.1. The Balaban J connectivity index is 1.27. The molecule has 0 bridgehead atoms. The van der Waals surface area contributed by atoms with Crippen molar-refractivity contribution in [3.05, 3.63) is 73.1 Å². The van der Waals surface area contributed by atoms with Gasteiger partial charge in [-0.25, -0.2) is 0 Å². The second-order valence-corrected chi connectivity index (χ2v) is 28.7. The van der Waals surface area contributed by atoms with Gasteiger partial charge in [0.1, 0.15) is 18.3 Å². The fourth-order valence-corrected chi connectivity index (χ4v) is 18.6. The number of hydrogen-bond donors (Lipinski definition) is 5. The van der Waals surface area contributed by atoms with Gasteiger partial charge in [0.05, 0.1) is 41.5 Å². The predicted octanol–water partition coefficient (Wildman–Crippen LogP) is 5.87. The van der Waals surface area contributed by atoms with Crippen LogP contribution in [0.1, 0.15) is 133 Å². The monoisotopic (exact) mass is 1110 g/mol. The summed E-state index contributed by atoms with van der Waals surface area (Å²) in [7, 11) is 4.84. The number of aryl methyl sites for hydroxylation is 1. The number of rotatable bonds is 17. The molecule has 2 aromatic carbocycles. The van der Waals surface area contributed by atoms with E-state index in [1.54, 1.807) is 46.4 Å². The number of hydrogen-bond acceptors (Lipinski definition) is 14. The zero-order chi connectivity index (χ0) is 57.5. The van der Waals surface area contributed by atoms with Crippen molar-refractivity contribution in [2.45, 2.75) is 217 Å². The molecule has 3 aliphatic heterocycles. The summed E-state index contributed by atoms with van der Waals surface area (Å²) >= 11 is 0. The maximum atomic E-state index is 14.8. The Labute approximate surface area is 466 Å². The third-order valence-electron chi connectivity index (χ3n) is 18.3. The number of nitrogens with zero attached hydrogens (tertiary/aromatic N) is 4. The van der Waals surface area contributed by atoms with E-state index in [1.165, 1.54) is 29.9 Å². The summed E-state index contributed by atoms with van der Waals surface area (Å²) in [5, 5.41) is 69.6. The summed E-state index contributed by atoms with van der Waals surface area (Å²) in [6.45, 7) is 17.8. The number of amides is 1. The Morgan fingerprint density at radius 3 is 2.01 bits per heavy atom. The van der Waals surface area contributed by atoms with E-state index in [2.05, 4.69) is 72.0 Å². The quantitative estimate of drug-likeness (QED) is 0.0610. The number of cyclic esters (lactones) is 1. The number of aliphatic hydroxyl groups is 5. The minimum absolute atomic E-state index is 0.0931. The van der Waals surface area contributed by atoms with Gasteiger partial charge >= 0.3 is 235 Å². The summed E-state index contributed by atoms with van der Waals surface area (Å²) in [6, 6.07) is 20.4. The zero-order valence-corrected chi connectivity index (χ0v) is 50.5. The standard InChI is InChI=1S/C61H99N4O12P/c1-15-50-61(10,72)54(68)43(6)65(51(66)31-25-17-16-18-26-32-78(45-27-21-19-22-28-45,46-29-23-20-24-30-46)47-36-62-64(13)38-47)37-39(2)34-59(8,71)56(77-58-53(67)48(63(11)12)33-40(3)74-58)41(4)52(42(5)57(70)76-50)49-35-60(9,73-14)55(69)44(7)75-49/h19-24,27-30,36,38-44,48-50,52-56,58,67-69,71-72,78H,15-18,25-26,31-35,37H2,1-14H3/t39-,40-,41+,42-,43-,44+,48+,49?,50-,52+,53-,54-,55+,56-,58+,59-,60-,61-/m1/s1. The third-order valence-corrected chi connectivity index (χ3v) is 23.2. The van der Waals surface area contributed by atoms with E-state index in [1.807, 2.05) is 57.7 Å². The summed E-state index contributed by atoms with van der Waals surface area (Å²) in [5.41, 5.74) is -4.76. The maximum absolute atomic E-state index is 14.8. The molecule has 78 heavy (non-hydrogen) atoms. The molecule has 1 unspecified atom stereocenters. The van der Waals surface area contributed by atoms with Gasteiger partial charge in [-0.1, -0.05) is 20.8 Å². The number of carbonyl (C=O) groups excluding carboxylic acids is 2. The Morgan fingerprint density at radius 1 is 0.846 bits per heavy atom. The van der Waals surface area contributed by atoms with Crippen molar-refractivity contribution >= 4 is 35.1 Å². The molecule has 18 atom stereocenters. The molecule has 6 rings (SSSR count). The topological polar surface area (TPSA) is 206 Å². The van der Waals surface area contributed by atoms with Crippen molar-refractivity contribution in [3.8, 4) is 0 Å². The number of methoxy groups -OCH3 is 1. The van der Waals surface area contributed by atoms with Crippen LogP contribution in [-0.2, 0) is 40.3 Å². The first-order valence-electron chi connectivity index (χ1n) is 29.0. The first-order valence-corrected chi connectivity index (χ1v) is 31.2. The van der Waals surface area contributed by atoms with E-state index in [0.29, 0.717) is 12.8 Å². The minimum atomic E-state index is -2.44. The van der Waals surface area contributed by atoms with E-state index >= 15 is 0 Å². The third kappa shape index (κ3) is 14.3. The molecule has 3 saturated heterocycles. The molecule has 1 aromatic heterocycles. The fraction of sp³-hybridized carbons (Fsp3) is 0.721. The first kappa shape index (κ1) is 63.8. The van der Waals surface area contributed by atoms with E-state index in [9.17, 15) is 35.1 Å². The smallest absolute Gasteiger partial charge is 0.383 e. The number of likely N-dealkylation sites (N-methyl/N-ethyl adjacent to an activating group) is 1. The molecule has 1 amide bonds. The SMILES string of the molecule is CC[C@H]1OC(=O)[C@H](C)[C@@H](C2C[C@@](C)(OC)[C@@H](O)[C@H](C)O2)[C@H](C)[C@@H](O[C@@H]2O[C@H](C)C[C@H](N(C)C)[C@H]2O)[C@](C)(O)C[C@@H](C)CN(C(=O)CCCCCCC[PH](c2ccccc2)(c2ccccc2)c2cnn(C)c2)[C@H](C)[C@@H](O)[C@]1(C)O. The molecule has 4 heterocycles. The molecule has 3 fully saturated rings. The second kappa shape index (κ2) is 27.1. The summed E-state index contributed by atoms with van der Waals surface area (Å²) in [6.07, 6.45) is 1.88. The Kier molecular flexibility index (Phi) is 22.2. The number of aromatic nitrogens is 2. The van der Waals surface area contributed by atoms with Gasteiger partial charge in [-0.15, -0.1) is 0 Å². The van der Waals surface area contributed by atoms with Gasteiger partial charge < -0.3 is 49.0 Å². The molecule has 0 saturated carbocycles. The molecule has 0 spiro atoms. The number of aliphatic hydroxyl groups excluding tert-OH is 3. The minimum Gasteiger partial charge on any atom is -0.383 e. The molecule has 0 radical (unpaired) electrons. The molecule has 16 nitrogen and oxygen atoms in total. The van der Waals surface area contributed by atoms with Crippen molar-refractivity contribution in [2.75, 3.05) is 33.9 Å². The number of carbonyl (C=O) groups is 2. The average Bonchev–Trinajstić information content (AvgIpc) is 3.87. The van der Waals surface area contributed by atoms with Crippen LogP contribution in [0.5, 0.6) is 0 Å². The van der Waals surface area contributed by atoms with E-state index in [-0.39, 0.29) is 50.3 Å². The van der Waals surface area contributed by atoms with E-state index < -0.39 is 109 Å². The Morgan fingerprint density at radius 2 is 1.45 bits per heavy atom. The van der Waals surface area contributed by atoms with Gasteiger partial charge in [-0.05, 0) is 67.5 Å². The van der Waals surface area contributed by atoms with Crippen molar-refractivity contribution in [1.82, 2.24) is 19.6 Å². The van der Waals surface area contributed by atoms with Crippen LogP contribution >= 0.6 is 7.26 Å². The summed E-state index contributed by atoms with van der Waals surface area (Å²) in [5.74, 6) is -3.70. The number of ether oxygens (including phenoxy) is 5.